The fourth-order valence-electron chi connectivity index (χ4n) is 3.29. The number of rotatable bonds is 8. The monoisotopic (exact) mass is 361 g/mol. The predicted octanol–water partition coefficient (Wildman–Crippen LogP) is 3.97. The molecule has 27 heavy (non-hydrogen) atoms. The smallest absolute Gasteiger partial charge is 0.217 e. The van der Waals surface area contributed by atoms with Gasteiger partial charge in [-0.2, -0.15) is 0 Å². The number of phenols is 1. The molecule has 0 unspecified atom stereocenters. The number of nitrogens with two attached hydrogens (primary N) is 1. The Labute approximate surface area is 159 Å². The third-order valence-corrected chi connectivity index (χ3v) is 4.50. The fourth-order valence-corrected chi connectivity index (χ4v) is 3.29. The van der Waals surface area contributed by atoms with Gasteiger partial charge in [-0.1, -0.05) is 72.8 Å². The lowest BCUT2D eigenvalue weighted by Gasteiger charge is -2.36. The average Bonchev–Trinajstić information content (AvgIpc) is 2.69. The average molecular weight is 361 g/mol. The molecule has 0 saturated heterocycles. The van der Waals surface area contributed by atoms with Crippen molar-refractivity contribution in [3.8, 4) is 5.75 Å². The normalized spacial score (nSPS) is 11.3. The van der Waals surface area contributed by atoms with E-state index in [2.05, 4.69) is 0 Å². The summed E-state index contributed by atoms with van der Waals surface area (Å²) in [6.07, 6.45) is 0.787. The van der Waals surface area contributed by atoms with Crippen molar-refractivity contribution < 1.29 is 14.6 Å². The van der Waals surface area contributed by atoms with Crippen LogP contribution in [0.25, 0.3) is 0 Å². The maximum absolute atomic E-state index is 11.1. The first-order valence-electron chi connectivity index (χ1n) is 8.96. The van der Waals surface area contributed by atoms with E-state index in [9.17, 15) is 9.90 Å². The summed E-state index contributed by atoms with van der Waals surface area (Å²) in [5.74, 6) is -0.176. The lowest BCUT2D eigenvalue weighted by atomic mass is 9.80. The van der Waals surface area contributed by atoms with Gasteiger partial charge < -0.3 is 15.6 Å². The highest BCUT2D eigenvalue weighted by Gasteiger charge is 2.37. The van der Waals surface area contributed by atoms with Crippen LogP contribution >= 0.6 is 0 Å². The van der Waals surface area contributed by atoms with Gasteiger partial charge in [-0.3, -0.25) is 4.79 Å². The molecule has 138 valence electrons. The Hall–Kier alpha value is -3.11. The molecule has 3 aromatic carbocycles. The molecule has 0 atom stereocenters. The van der Waals surface area contributed by atoms with E-state index in [-0.39, 0.29) is 18.1 Å². The lowest BCUT2D eigenvalue weighted by molar-refractivity contribution is -0.118. The van der Waals surface area contributed by atoms with Gasteiger partial charge in [0, 0.05) is 13.0 Å². The van der Waals surface area contributed by atoms with Gasteiger partial charge in [-0.25, -0.2) is 0 Å². The maximum atomic E-state index is 11.1. The molecule has 0 radical (unpaired) electrons. The van der Waals surface area contributed by atoms with E-state index in [1.165, 1.54) is 0 Å². The third-order valence-electron chi connectivity index (χ3n) is 4.50. The molecule has 0 aliphatic rings. The van der Waals surface area contributed by atoms with E-state index in [0.29, 0.717) is 13.0 Å². The van der Waals surface area contributed by atoms with Crippen molar-refractivity contribution in [3.63, 3.8) is 0 Å². The topological polar surface area (TPSA) is 72.6 Å². The second kappa shape index (κ2) is 8.52. The molecule has 0 bridgehead atoms. The molecule has 3 aromatic rings. The van der Waals surface area contributed by atoms with E-state index >= 15 is 0 Å². The second-order valence-corrected chi connectivity index (χ2v) is 6.38. The number of carbonyl (C=O) groups is 1. The number of aromatic hydroxyl groups is 1. The predicted molar refractivity (Wildman–Crippen MR) is 105 cm³/mol. The minimum atomic E-state index is -0.904. The van der Waals surface area contributed by atoms with E-state index in [0.717, 1.165) is 16.7 Å². The maximum Gasteiger partial charge on any atom is 0.217 e. The van der Waals surface area contributed by atoms with Crippen molar-refractivity contribution in [1.29, 1.82) is 0 Å². The van der Waals surface area contributed by atoms with Crippen molar-refractivity contribution in [2.75, 3.05) is 6.61 Å². The second-order valence-electron chi connectivity index (χ2n) is 6.38. The first-order valence-corrected chi connectivity index (χ1v) is 8.96. The van der Waals surface area contributed by atoms with E-state index in [1.807, 2.05) is 66.7 Å². The summed E-state index contributed by atoms with van der Waals surface area (Å²) >= 11 is 0. The Bertz CT molecular complexity index is 839. The molecular weight excluding hydrogens is 338 g/mol. The highest BCUT2D eigenvalue weighted by atomic mass is 16.5. The number of amides is 1. The molecule has 0 aromatic heterocycles. The number of carbonyl (C=O) groups excluding carboxylic acids is 1. The van der Waals surface area contributed by atoms with Gasteiger partial charge in [-0.05, 0) is 35.2 Å². The lowest BCUT2D eigenvalue weighted by Crippen LogP contribution is -2.33. The molecule has 1 amide bonds. The number of hydrogen-bond acceptors (Lipinski definition) is 3. The van der Waals surface area contributed by atoms with Crippen LogP contribution in [0.15, 0.2) is 84.9 Å². The van der Waals surface area contributed by atoms with Gasteiger partial charge >= 0.3 is 0 Å². The molecular formula is C23H23NO3. The zero-order valence-electron chi connectivity index (χ0n) is 15.0. The quantitative estimate of drug-likeness (QED) is 0.471. The summed E-state index contributed by atoms with van der Waals surface area (Å²) < 4.78 is 6.47. The van der Waals surface area contributed by atoms with Crippen molar-refractivity contribution in [1.82, 2.24) is 0 Å². The highest BCUT2D eigenvalue weighted by Crippen LogP contribution is 2.41. The van der Waals surface area contributed by atoms with Crippen molar-refractivity contribution in [2.45, 2.75) is 18.4 Å². The Balaban J connectivity index is 2.14. The van der Waals surface area contributed by atoms with Gasteiger partial charge in [0.25, 0.3) is 0 Å². The first-order chi connectivity index (χ1) is 13.1. The van der Waals surface area contributed by atoms with E-state index < -0.39 is 5.60 Å². The summed E-state index contributed by atoms with van der Waals surface area (Å²) in [6.45, 7) is 0.350. The van der Waals surface area contributed by atoms with Gasteiger partial charge in [0.05, 0.1) is 0 Å². The van der Waals surface area contributed by atoms with Crippen LogP contribution in [0, 0.1) is 0 Å². The van der Waals surface area contributed by atoms with Gasteiger partial charge in [0.1, 0.15) is 11.4 Å². The molecule has 0 saturated carbocycles. The zero-order valence-corrected chi connectivity index (χ0v) is 15.0. The van der Waals surface area contributed by atoms with Gasteiger partial charge in [-0.15, -0.1) is 0 Å². The van der Waals surface area contributed by atoms with Crippen molar-refractivity contribution in [2.24, 2.45) is 5.73 Å². The van der Waals surface area contributed by atoms with Crippen LogP contribution in [0.4, 0.5) is 0 Å². The Morgan fingerprint density at radius 2 is 1.41 bits per heavy atom. The van der Waals surface area contributed by atoms with Crippen LogP contribution in [-0.4, -0.2) is 17.6 Å². The van der Waals surface area contributed by atoms with Crippen molar-refractivity contribution >= 4 is 5.91 Å². The van der Waals surface area contributed by atoms with Crippen LogP contribution in [0.2, 0.25) is 0 Å². The van der Waals surface area contributed by atoms with Crippen LogP contribution in [0.5, 0.6) is 5.75 Å². The summed E-state index contributed by atoms with van der Waals surface area (Å²) in [6, 6.07) is 26.9. The van der Waals surface area contributed by atoms with Crippen molar-refractivity contribution in [3.05, 3.63) is 102 Å². The first kappa shape index (κ1) is 18.7. The standard InChI is InChI=1S/C23H23NO3/c24-22(26)15-8-16-27-23(18-9-3-1-4-10-18,19-11-5-2-6-12-19)20-13-7-14-21(25)17-20/h1-7,9-14,17,25H,8,15-16H2,(H2,24,26). The molecule has 0 aliphatic carbocycles. The molecule has 0 fully saturated rings. The Morgan fingerprint density at radius 1 is 0.852 bits per heavy atom. The number of primary amides is 1. The largest absolute Gasteiger partial charge is 0.508 e. The molecule has 0 spiro atoms. The molecule has 4 heteroatoms. The number of benzene rings is 3. The van der Waals surface area contributed by atoms with Crippen LogP contribution in [0.1, 0.15) is 29.5 Å². The van der Waals surface area contributed by atoms with E-state index in [4.69, 9.17) is 10.5 Å². The Kier molecular flexibility index (Phi) is 5.89. The number of ether oxygens (including phenoxy) is 1. The number of hydrogen-bond donors (Lipinski definition) is 2. The fraction of sp³-hybridized carbons (Fsp3) is 0.174. The van der Waals surface area contributed by atoms with Crippen LogP contribution < -0.4 is 5.73 Å². The van der Waals surface area contributed by atoms with Gasteiger partial charge in [0.2, 0.25) is 5.91 Å². The molecule has 3 rings (SSSR count). The highest BCUT2D eigenvalue weighted by molar-refractivity contribution is 5.73. The Morgan fingerprint density at radius 3 is 1.93 bits per heavy atom. The zero-order chi connectivity index (χ0) is 19.1. The SMILES string of the molecule is NC(=O)CCCOC(c1ccccc1)(c1ccccc1)c1cccc(O)c1. The van der Waals surface area contributed by atoms with E-state index in [1.54, 1.807) is 18.2 Å². The summed E-state index contributed by atoms with van der Waals surface area (Å²) in [4.78, 5) is 11.1. The van der Waals surface area contributed by atoms with Gasteiger partial charge in [0.15, 0.2) is 0 Å². The number of phenolic OH excluding ortho intramolecular Hbond substituents is 1. The summed E-state index contributed by atoms with van der Waals surface area (Å²) in [5.41, 5.74) is 7.07. The third kappa shape index (κ3) is 4.18. The summed E-state index contributed by atoms with van der Waals surface area (Å²) in [7, 11) is 0. The molecule has 3 N–H and O–H groups in total. The van der Waals surface area contributed by atoms with Crippen LogP contribution in [0.3, 0.4) is 0 Å². The minimum absolute atomic E-state index is 0.171. The minimum Gasteiger partial charge on any atom is -0.508 e. The summed E-state index contributed by atoms with van der Waals surface area (Å²) in [5, 5.41) is 10.1. The molecule has 4 nitrogen and oxygen atoms in total. The van der Waals surface area contributed by atoms with Crippen LogP contribution in [-0.2, 0) is 15.1 Å². The molecule has 0 heterocycles. The molecule has 0 aliphatic heterocycles.